The highest BCUT2D eigenvalue weighted by atomic mass is 32.2. The molecule has 1 aliphatic heterocycles. The summed E-state index contributed by atoms with van der Waals surface area (Å²) in [4.78, 5) is 52.0. The lowest BCUT2D eigenvalue weighted by Crippen LogP contribution is -2.57. The summed E-state index contributed by atoms with van der Waals surface area (Å²) in [5.74, 6) is 0.942. The average molecular weight is 565 g/mol. The topological polar surface area (TPSA) is 131 Å². The van der Waals surface area contributed by atoms with Crippen molar-refractivity contribution in [3.8, 4) is 0 Å². The van der Waals surface area contributed by atoms with Crippen LogP contribution in [-0.2, 0) is 14.9 Å². The molecule has 1 aliphatic rings. The van der Waals surface area contributed by atoms with Crippen LogP contribution in [0.2, 0.25) is 0 Å². The van der Waals surface area contributed by atoms with Crippen LogP contribution in [0.15, 0.2) is 6.20 Å². The van der Waals surface area contributed by atoms with Crippen LogP contribution in [0.4, 0.5) is 10.6 Å². The first-order valence-corrected chi connectivity index (χ1v) is 15.1. The van der Waals surface area contributed by atoms with Gasteiger partial charge in [-0.05, 0) is 51.5 Å². The second-order valence-corrected chi connectivity index (χ2v) is 13.7. The smallest absolute Gasteiger partial charge is 0.410 e. The van der Waals surface area contributed by atoms with Gasteiger partial charge in [-0.2, -0.15) is 11.8 Å². The van der Waals surface area contributed by atoms with Crippen molar-refractivity contribution in [1.82, 2.24) is 19.8 Å². The number of rotatable bonds is 10. The van der Waals surface area contributed by atoms with Crippen LogP contribution < -0.4 is 11.1 Å². The highest BCUT2D eigenvalue weighted by Crippen LogP contribution is 2.28. The van der Waals surface area contributed by atoms with Gasteiger partial charge in [0.1, 0.15) is 22.8 Å². The average Bonchev–Trinajstić information content (AvgIpc) is 2.82. The molecular weight excluding hydrogens is 516 g/mol. The molecule has 0 radical (unpaired) electrons. The molecule has 3 N–H and O–H groups in total. The minimum atomic E-state index is -0.692. The Hall–Kier alpha value is -2.56. The fourth-order valence-electron chi connectivity index (χ4n) is 4.38. The van der Waals surface area contributed by atoms with Gasteiger partial charge < -0.3 is 25.6 Å². The molecule has 3 amide bonds. The third-order valence-corrected chi connectivity index (χ3v) is 6.95. The summed E-state index contributed by atoms with van der Waals surface area (Å²) < 4.78 is 5.59. The quantitative estimate of drug-likeness (QED) is 0.405. The van der Waals surface area contributed by atoms with Crippen molar-refractivity contribution in [2.24, 2.45) is 17.6 Å². The van der Waals surface area contributed by atoms with E-state index in [-0.39, 0.29) is 30.3 Å². The van der Waals surface area contributed by atoms with Crippen LogP contribution >= 0.6 is 11.8 Å². The molecule has 0 aliphatic carbocycles. The summed E-state index contributed by atoms with van der Waals surface area (Å²) in [7, 11) is 0. The van der Waals surface area contributed by atoms with Crippen molar-refractivity contribution in [1.29, 1.82) is 0 Å². The number of anilines is 1. The van der Waals surface area contributed by atoms with E-state index >= 15 is 0 Å². The first kappa shape index (κ1) is 32.7. The molecule has 1 aromatic rings. The Balaban J connectivity index is 2.47. The normalized spacial score (nSPS) is 18.2. The van der Waals surface area contributed by atoms with E-state index in [0.29, 0.717) is 36.7 Å². The molecule has 2 atom stereocenters. The number of hydrogen-bond acceptors (Lipinski definition) is 8. The summed E-state index contributed by atoms with van der Waals surface area (Å²) in [6, 6.07) is -0.426. The predicted octanol–water partition coefficient (Wildman–Crippen LogP) is 4.15. The van der Waals surface area contributed by atoms with Crippen LogP contribution in [0.1, 0.15) is 84.4 Å². The highest BCUT2D eigenvalue weighted by Gasteiger charge is 2.39. The number of ether oxygens (including phenoxy) is 1. The Labute approximate surface area is 238 Å². The number of thioether (sulfide) groups is 1. The van der Waals surface area contributed by atoms with Crippen LogP contribution in [0, 0.1) is 11.8 Å². The first-order chi connectivity index (χ1) is 18.0. The van der Waals surface area contributed by atoms with E-state index < -0.39 is 29.6 Å². The molecule has 39 heavy (non-hydrogen) atoms. The number of aromatic nitrogens is 2. The fourth-order valence-corrected chi connectivity index (χ4v) is 4.82. The van der Waals surface area contributed by atoms with Gasteiger partial charge >= 0.3 is 6.09 Å². The van der Waals surface area contributed by atoms with Gasteiger partial charge in [0.15, 0.2) is 0 Å². The lowest BCUT2D eigenvalue weighted by Gasteiger charge is -2.42. The molecule has 1 saturated heterocycles. The minimum absolute atomic E-state index is 0.144. The second-order valence-electron chi connectivity index (χ2n) is 12.7. The molecule has 0 saturated carbocycles. The molecule has 10 nitrogen and oxygen atoms in total. The number of nitrogens with one attached hydrogen (secondary N) is 1. The van der Waals surface area contributed by atoms with Crippen molar-refractivity contribution in [2.45, 2.75) is 85.3 Å². The lowest BCUT2D eigenvalue weighted by atomic mass is 9.91. The number of piperidine rings is 1. The van der Waals surface area contributed by atoms with Crippen molar-refractivity contribution < 1.29 is 19.1 Å². The van der Waals surface area contributed by atoms with Gasteiger partial charge in [0, 0.05) is 37.8 Å². The SMILES string of the molecule is CSCCCNc1nc(C(C)(C)C)ncc1C(=O)N(CC(C)C)[C@H]1C[C@@H](C(N)=O)CN(C(=O)OC(C)(C)C)C1. The summed E-state index contributed by atoms with van der Waals surface area (Å²) in [6.45, 7) is 17.0. The number of amides is 3. The van der Waals surface area contributed by atoms with Gasteiger partial charge in [0.25, 0.3) is 5.91 Å². The molecule has 0 bridgehead atoms. The van der Waals surface area contributed by atoms with E-state index in [0.717, 1.165) is 12.2 Å². The third-order valence-electron chi connectivity index (χ3n) is 6.25. The molecule has 2 heterocycles. The number of carbonyl (C=O) groups excluding carboxylic acids is 3. The van der Waals surface area contributed by atoms with Gasteiger partial charge in [-0.3, -0.25) is 9.59 Å². The van der Waals surface area contributed by atoms with Gasteiger partial charge in [0.2, 0.25) is 5.91 Å². The summed E-state index contributed by atoms with van der Waals surface area (Å²) >= 11 is 1.77. The zero-order valence-electron chi connectivity index (χ0n) is 25.2. The maximum Gasteiger partial charge on any atom is 0.410 e. The molecule has 1 fully saturated rings. The summed E-state index contributed by atoms with van der Waals surface area (Å²) in [5.41, 5.74) is 5.11. The third kappa shape index (κ3) is 9.85. The van der Waals surface area contributed by atoms with Crippen LogP contribution in [-0.4, -0.2) is 87.5 Å². The zero-order valence-corrected chi connectivity index (χ0v) is 26.0. The Morgan fingerprint density at radius 2 is 1.87 bits per heavy atom. The maximum atomic E-state index is 14.2. The number of carbonyl (C=O) groups is 3. The monoisotopic (exact) mass is 564 g/mol. The van der Waals surface area contributed by atoms with Crippen molar-refractivity contribution in [2.75, 3.05) is 43.5 Å². The van der Waals surface area contributed by atoms with E-state index in [2.05, 4.69) is 16.6 Å². The van der Waals surface area contributed by atoms with Gasteiger partial charge in [0.05, 0.1) is 12.0 Å². The van der Waals surface area contributed by atoms with E-state index in [1.165, 1.54) is 4.90 Å². The van der Waals surface area contributed by atoms with Crippen molar-refractivity contribution in [3.63, 3.8) is 0 Å². The molecule has 2 rings (SSSR count). The summed E-state index contributed by atoms with van der Waals surface area (Å²) in [6.07, 6.45) is 4.42. The fraction of sp³-hybridized carbons (Fsp3) is 0.750. The summed E-state index contributed by atoms with van der Waals surface area (Å²) in [5, 5.41) is 3.36. The molecule has 11 heteroatoms. The zero-order chi connectivity index (χ0) is 29.5. The van der Waals surface area contributed by atoms with Gasteiger partial charge in [-0.15, -0.1) is 0 Å². The van der Waals surface area contributed by atoms with E-state index in [1.807, 2.05) is 34.6 Å². The second kappa shape index (κ2) is 13.7. The molecule has 0 aromatic carbocycles. The van der Waals surface area contributed by atoms with Crippen molar-refractivity contribution >= 4 is 35.5 Å². The van der Waals surface area contributed by atoms with Crippen LogP contribution in [0.3, 0.4) is 0 Å². The highest BCUT2D eigenvalue weighted by molar-refractivity contribution is 7.98. The van der Waals surface area contributed by atoms with E-state index in [4.69, 9.17) is 15.5 Å². The Morgan fingerprint density at radius 1 is 1.21 bits per heavy atom. The maximum absolute atomic E-state index is 14.2. The first-order valence-electron chi connectivity index (χ1n) is 13.7. The standard InChI is InChI=1S/C28H48N6O4S/c1-18(2)15-34(20-13-19(22(29)35)16-33(17-20)26(37)38-28(6,7)8)24(36)21-14-31-25(27(3,4)5)32-23(21)30-11-10-12-39-9/h14,18-20H,10-13,15-17H2,1-9H3,(H2,29,35)(H,30,31,32)/t19-,20+/m1/s1. The van der Waals surface area contributed by atoms with Gasteiger partial charge in [-0.25, -0.2) is 14.8 Å². The minimum Gasteiger partial charge on any atom is -0.444 e. The number of nitrogens with zero attached hydrogens (tertiary/aromatic N) is 4. The number of nitrogens with two attached hydrogens (primary N) is 1. The van der Waals surface area contributed by atoms with Crippen molar-refractivity contribution in [3.05, 3.63) is 17.6 Å². The van der Waals surface area contributed by atoms with Crippen LogP contribution in [0.5, 0.6) is 0 Å². The Morgan fingerprint density at radius 3 is 2.41 bits per heavy atom. The predicted molar refractivity (Wildman–Crippen MR) is 157 cm³/mol. The van der Waals surface area contributed by atoms with E-state index in [1.54, 1.807) is 43.6 Å². The molecule has 1 aromatic heterocycles. The Kier molecular flexibility index (Phi) is 11.4. The molecule has 0 unspecified atom stereocenters. The number of likely N-dealkylation sites (tertiary alicyclic amines) is 1. The van der Waals surface area contributed by atoms with E-state index in [9.17, 15) is 14.4 Å². The number of hydrogen-bond donors (Lipinski definition) is 2. The Bertz CT molecular complexity index is 1000. The van der Waals surface area contributed by atoms with Crippen LogP contribution in [0.25, 0.3) is 0 Å². The molecular formula is C28H48N6O4S. The number of primary amides is 1. The largest absolute Gasteiger partial charge is 0.444 e. The molecule has 220 valence electrons. The molecule has 0 spiro atoms. The lowest BCUT2D eigenvalue weighted by molar-refractivity contribution is -0.124. The van der Waals surface area contributed by atoms with Gasteiger partial charge in [-0.1, -0.05) is 34.6 Å².